The Hall–Kier alpha value is -4.52. The van der Waals surface area contributed by atoms with Crippen LogP contribution in [-0.2, 0) is 27.2 Å². The summed E-state index contributed by atoms with van der Waals surface area (Å²) in [5.41, 5.74) is 1.87. The Balaban J connectivity index is 0.00000198. The third-order valence-electron chi connectivity index (χ3n) is 7.25. The summed E-state index contributed by atoms with van der Waals surface area (Å²) in [5, 5.41) is 12.3. The van der Waals surface area contributed by atoms with Crippen molar-refractivity contribution in [1.29, 1.82) is 5.26 Å². The predicted octanol–water partition coefficient (Wildman–Crippen LogP) is 3.09. The number of pyridine rings is 2. The van der Waals surface area contributed by atoms with Gasteiger partial charge in [-0.3, -0.25) is 19.8 Å². The van der Waals surface area contributed by atoms with Gasteiger partial charge in [-0.05, 0) is 50.2 Å². The fourth-order valence-corrected chi connectivity index (χ4v) is 5.18. The highest BCUT2D eigenvalue weighted by molar-refractivity contribution is 6.01. The number of nitrogens with one attached hydrogen (secondary N) is 1. The molecule has 3 aliphatic heterocycles. The van der Waals surface area contributed by atoms with E-state index in [1.807, 2.05) is 6.07 Å². The number of ether oxygens (including phenoxy) is 3. The van der Waals surface area contributed by atoms with Crippen molar-refractivity contribution in [2.75, 3.05) is 43.6 Å². The van der Waals surface area contributed by atoms with Crippen LogP contribution in [0.25, 0.3) is 0 Å². The van der Waals surface area contributed by atoms with Crippen LogP contribution >= 0.6 is 0 Å². The standard InChI is InChI=1S/C28H32N6O6.C2H2/c1-33(27(36)23-7-4-10-39-23)15-19-11-18-5-2-8-34(26(18)31-22(19)16-35)28(37)32-25-12-24(20(13-29)14-30-25)40-21-6-3-9-38-17-21;1-2/h11-12,14,16,21,23H,2-10,15,17H2,1H3,(H,30,32,37);1-2H. The van der Waals surface area contributed by atoms with E-state index >= 15 is 0 Å². The van der Waals surface area contributed by atoms with Crippen LogP contribution in [0.15, 0.2) is 18.3 Å². The lowest BCUT2D eigenvalue weighted by Crippen LogP contribution is -2.40. The summed E-state index contributed by atoms with van der Waals surface area (Å²) in [6.45, 7) is 2.31. The Morgan fingerprint density at radius 3 is 2.76 bits per heavy atom. The van der Waals surface area contributed by atoms with Crippen LogP contribution in [0.1, 0.15) is 59.3 Å². The molecule has 12 nitrogen and oxygen atoms in total. The number of amides is 3. The molecule has 0 radical (unpaired) electrons. The number of hydrogen-bond acceptors (Lipinski definition) is 9. The molecule has 42 heavy (non-hydrogen) atoms. The first-order chi connectivity index (χ1) is 20.5. The van der Waals surface area contributed by atoms with Gasteiger partial charge in [-0.2, -0.15) is 5.26 Å². The average molecular weight is 575 g/mol. The molecule has 2 atom stereocenters. The van der Waals surface area contributed by atoms with E-state index < -0.39 is 12.1 Å². The molecule has 5 heterocycles. The van der Waals surface area contributed by atoms with Crippen molar-refractivity contribution in [2.45, 2.75) is 57.3 Å². The van der Waals surface area contributed by atoms with Gasteiger partial charge in [0.2, 0.25) is 0 Å². The number of nitrogens with zero attached hydrogens (tertiary/aromatic N) is 5. The topological polar surface area (TPSA) is 147 Å². The molecule has 5 rings (SSSR count). The SMILES string of the molecule is C#C.CN(Cc1cc2c(nc1C=O)N(C(=O)Nc1cc(OC3CCCOC3)c(C#N)cn1)CCC2)C(=O)C1CCCO1. The smallest absolute Gasteiger partial charge is 0.328 e. The van der Waals surface area contributed by atoms with Gasteiger partial charge in [-0.15, -0.1) is 12.8 Å². The van der Waals surface area contributed by atoms with Crippen molar-refractivity contribution in [3.63, 3.8) is 0 Å². The minimum Gasteiger partial charge on any atom is -0.486 e. The number of carbonyl (C=O) groups excluding carboxylic acids is 3. The van der Waals surface area contributed by atoms with E-state index in [4.69, 9.17) is 14.2 Å². The van der Waals surface area contributed by atoms with Gasteiger partial charge in [0.25, 0.3) is 5.91 Å². The van der Waals surface area contributed by atoms with Crippen LogP contribution in [0.5, 0.6) is 5.75 Å². The van der Waals surface area contributed by atoms with Crippen LogP contribution in [0, 0.1) is 24.2 Å². The number of rotatable bonds is 7. The fourth-order valence-electron chi connectivity index (χ4n) is 5.18. The van der Waals surface area contributed by atoms with Crippen LogP contribution in [-0.4, -0.2) is 78.7 Å². The Morgan fingerprint density at radius 1 is 1.26 bits per heavy atom. The Kier molecular flexibility index (Phi) is 10.4. The van der Waals surface area contributed by atoms with E-state index in [9.17, 15) is 19.6 Å². The number of carbonyl (C=O) groups is 3. The number of anilines is 2. The molecule has 0 bridgehead atoms. The second-order valence-electron chi connectivity index (χ2n) is 10.1. The highest BCUT2D eigenvalue weighted by Crippen LogP contribution is 2.29. The lowest BCUT2D eigenvalue weighted by Gasteiger charge is -2.30. The van der Waals surface area contributed by atoms with Crippen LogP contribution < -0.4 is 15.0 Å². The molecule has 2 fully saturated rings. The Labute approximate surface area is 245 Å². The predicted molar refractivity (Wildman–Crippen MR) is 153 cm³/mol. The van der Waals surface area contributed by atoms with Gasteiger partial charge in [0.1, 0.15) is 46.9 Å². The summed E-state index contributed by atoms with van der Waals surface area (Å²) in [4.78, 5) is 49.8. The fraction of sp³-hybridized carbons (Fsp3) is 0.467. The van der Waals surface area contributed by atoms with E-state index in [1.54, 1.807) is 11.9 Å². The van der Waals surface area contributed by atoms with Gasteiger partial charge in [0, 0.05) is 45.0 Å². The lowest BCUT2D eigenvalue weighted by atomic mass is 10.0. The highest BCUT2D eigenvalue weighted by atomic mass is 16.5. The van der Waals surface area contributed by atoms with Gasteiger partial charge < -0.3 is 19.1 Å². The number of urea groups is 1. The quantitative estimate of drug-likeness (QED) is 0.389. The molecule has 0 aliphatic carbocycles. The summed E-state index contributed by atoms with van der Waals surface area (Å²) in [6, 6.07) is 4.99. The number of aldehydes is 1. The number of likely N-dealkylation sites (N-methyl/N-ethyl adjacent to an activating group) is 1. The average Bonchev–Trinajstić information content (AvgIpc) is 3.57. The summed E-state index contributed by atoms with van der Waals surface area (Å²) in [5.74, 6) is 0.828. The van der Waals surface area contributed by atoms with Crippen molar-refractivity contribution < 1.29 is 28.6 Å². The molecular formula is C30H34N6O6. The molecular weight excluding hydrogens is 540 g/mol. The second kappa shape index (κ2) is 14.4. The first kappa shape index (κ1) is 30.4. The van der Waals surface area contributed by atoms with Gasteiger partial charge >= 0.3 is 6.03 Å². The highest BCUT2D eigenvalue weighted by Gasteiger charge is 2.29. The van der Waals surface area contributed by atoms with Crippen molar-refractivity contribution in [3.8, 4) is 24.7 Å². The molecule has 2 aromatic heterocycles. The number of nitriles is 1. The summed E-state index contributed by atoms with van der Waals surface area (Å²) in [6.07, 6.45) is 14.0. The molecule has 2 unspecified atom stereocenters. The number of hydrogen-bond donors (Lipinski definition) is 1. The third-order valence-corrected chi connectivity index (χ3v) is 7.25. The molecule has 1 N–H and O–H groups in total. The number of terminal acetylenes is 1. The van der Waals surface area contributed by atoms with E-state index in [0.717, 1.165) is 24.8 Å². The second-order valence-corrected chi connectivity index (χ2v) is 10.1. The minimum atomic E-state index is -0.465. The van der Waals surface area contributed by atoms with Crippen LogP contribution in [0.4, 0.5) is 16.4 Å². The monoisotopic (exact) mass is 574 g/mol. The molecule has 0 aromatic carbocycles. The van der Waals surface area contributed by atoms with E-state index in [2.05, 4.69) is 34.2 Å². The van der Waals surface area contributed by atoms with Gasteiger partial charge in [-0.25, -0.2) is 14.8 Å². The normalized spacial score (nSPS) is 19.3. The molecule has 220 valence electrons. The van der Waals surface area contributed by atoms with E-state index in [-0.39, 0.29) is 35.6 Å². The molecule has 3 amide bonds. The molecule has 3 aliphatic rings. The molecule has 12 heteroatoms. The molecule has 2 aromatic rings. The number of aromatic nitrogens is 2. The zero-order valence-electron chi connectivity index (χ0n) is 23.6. The van der Waals surface area contributed by atoms with E-state index in [1.165, 1.54) is 17.2 Å². The minimum absolute atomic E-state index is 0.123. The third kappa shape index (κ3) is 7.03. The maximum absolute atomic E-state index is 13.3. The van der Waals surface area contributed by atoms with E-state index in [0.29, 0.717) is 69.0 Å². The summed E-state index contributed by atoms with van der Waals surface area (Å²) in [7, 11) is 1.68. The van der Waals surface area contributed by atoms with Crippen molar-refractivity contribution in [3.05, 3.63) is 40.7 Å². The van der Waals surface area contributed by atoms with Crippen LogP contribution in [0.3, 0.4) is 0 Å². The largest absolute Gasteiger partial charge is 0.486 e. The summed E-state index contributed by atoms with van der Waals surface area (Å²) >= 11 is 0. The number of aryl methyl sites for hydroxylation is 1. The molecule has 0 saturated carbocycles. The van der Waals surface area contributed by atoms with Crippen molar-refractivity contribution in [2.24, 2.45) is 0 Å². The maximum atomic E-state index is 13.3. The first-order valence-corrected chi connectivity index (χ1v) is 13.9. The Bertz CT molecular complexity index is 1360. The van der Waals surface area contributed by atoms with Crippen molar-refractivity contribution in [1.82, 2.24) is 14.9 Å². The van der Waals surface area contributed by atoms with Gasteiger partial charge in [0.15, 0.2) is 6.29 Å². The zero-order valence-corrected chi connectivity index (χ0v) is 23.6. The van der Waals surface area contributed by atoms with Gasteiger partial charge in [0.05, 0.1) is 12.8 Å². The zero-order chi connectivity index (χ0) is 30.1. The Morgan fingerprint density at radius 2 is 2.07 bits per heavy atom. The molecule has 0 spiro atoms. The van der Waals surface area contributed by atoms with Crippen molar-refractivity contribution >= 4 is 29.9 Å². The first-order valence-electron chi connectivity index (χ1n) is 13.9. The molecule has 2 saturated heterocycles. The maximum Gasteiger partial charge on any atom is 0.328 e. The van der Waals surface area contributed by atoms with Crippen LogP contribution in [0.2, 0.25) is 0 Å². The number of fused-ring (bicyclic) bond motifs is 1. The van der Waals surface area contributed by atoms with Gasteiger partial charge in [-0.1, -0.05) is 0 Å². The lowest BCUT2D eigenvalue weighted by molar-refractivity contribution is -0.140. The summed E-state index contributed by atoms with van der Waals surface area (Å²) < 4.78 is 17.0.